The van der Waals surface area contributed by atoms with Crippen LogP contribution in [0.2, 0.25) is 5.02 Å². The molecule has 0 saturated heterocycles. The molecule has 9 heteroatoms. The van der Waals surface area contributed by atoms with Crippen LogP contribution in [0.25, 0.3) is 0 Å². The van der Waals surface area contributed by atoms with E-state index in [1.54, 1.807) is 0 Å². The van der Waals surface area contributed by atoms with Gasteiger partial charge in [-0.15, -0.1) is 0 Å². The molecule has 0 aliphatic carbocycles. The summed E-state index contributed by atoms with van der Waals surface area (Å²) in [7, 11) is 0. The maximum atomic E-state index is 13.0. The standard InChI is InChI=1S/C17H11ClF3N3O2/c18-11-4-5-14(13(7-11)17(19,20)21)24-16(26)8-15(25)23-12-3-1-2-10(6-12)9-22/h1-7H,8H2,(H,23,25)(H,24,26). The average molecular weight is 382 g/mol. The van der Waals surface area contributed by atoms with Crippen molar-refractivity contribution in [2.24, 2.45) is 0 Å². The second kappa shape index (κ2) is 7.89. The molecule has 0 atom stereocenters. The Bertz CT molecular complexity index is 892. The summed E-state index contributed by atoms with van der Waals surface area (Å²) < 4.78 is 39.0. The number of alkyl halides is 3. The summed E-state index contributed by atoms with van der Waals surface area (Å²) in [4.78, 5) is 23.7. The van der Waals surface area contributed by atoms with E-state index in [-0.39, 0.29) is 5.02 Å². The Labute approximate surface area is 151 Å². The van der Waals surface area contributed by atoms with E-state index in [9.17, 15) is 22.8 Å². The number of halogens is 4. The number of carbonyl (C=O) groups is 2. The van der Waals surface area contributed by atoms with Gasteiger partial charge >= 0.3 is 6.18 Å². The fraction of sp³-hybridized carbons (Fsp3) is 0.118. The number of anilines is 2. The third-order valence-electron chi connectivity index (χ3n) is 3.16. The van der Waals surface area contributed by atoms with Crippen molar-refractivity contribution in [2.75, 3.05) is 10.6 Å². The minimum atomic E-state index is -4.71. The summed E-state index contributed by atoms with van der Waals surface area (Å²) in [5.74, 6) is -1.66. The summed E-state index contributed by atoms with van der Waals surface area (Å²) in [6, 6.07) is 10.8. The van der Waals surface area contributed by atoms with Crippen LogP contribution in [0.15, 0.2) is 42.5 Å². The normalized spacial score (nSPS) is 10.7. The molecule has 2 amide bonds. The number of amides is 2. The first-order valence-corrected chi connectivity index (χ1v) is 7.53. The van der Waals surface area contributed by atoms with E-state index >= 15 is 0 Å². The smallest absolute Gasteiger partial charge is 0.326 e. The van der Waals surface area contributed by atoms with E-state index in [4.69, 9.17) is 16.9 Å². The highest BCUT2D eigenvalue weighted by Gasteiger charge is 2.34. The largest absolute Gasteiger partial charge is 0.418 e. The highest BCUT2D eigenvalue weighted by atomic mass is 35.5. The number of benzene rings is 2. The summed E-state index contributed by atoms with van der Waals surface area (Å²) in [5.41, 5.74) is -1.00. The van der Waals surface area contributed by atoms with Gasteiger partial charge in [-0.05, 0) is 36.4 Å². The highest BCUT2D eigenvalue weighted by molar-refractivity contribution is 6.30. The molecule has 0 aliphatic heterocycles. The van der Waals surface area contributed by atoms with Crippen LogP contribution < -0.4 is 10.6 Å². The summed E-state index contributed by atoms with van der Waals surface area (Å²) in [6.07, 6.45) is -5.41. The van der Waals surface area contributed by atoms with Crippen LogP contribution in [0.1, 0.15) is 17.5 Å². The minimum absolute atomic E-state index is 0.134. The fourth-order valence-electron chi connectivity index (χ4n) is 2.07. The number of nitrogens with zero attached hydrogens (tertiary/aromatic N) is 1. The molecule has 2 aromatic carbocycles. The van der Waals surface area contributed by atoms with Crippen molar-refractivity contribution < 1.29 is 22.8 Å². The summed E-state index contributed by atoms with van der Waals surface area (Å²) in [5, 5.41) is 13.1. The summed E-state index contributed by atoms with van der Waals surface area (Å²) >= 11 is 5.56. The van der Waals surface area contributed by atoms with Crippen LogP contribution in [0.3, 0.4) is 0 Å². The third kappa shape index (κ3) is 5.22. The van der Waals surface area contributed by atoms with Gasteiger partial charge < -0.3 is 10.6 Å². The summed E-state index contributed by atoms with van der Waals surface area (Å²) in [6.45, 7) is 0. The molecule has 0 aromatic heterocycles. The molecule has 0 fully saturated rings. The lowest BCUT2D eigenvalue weighted by Gasteiger charge is -2.14. The number of carbonyl (C=O) groups excluding carboxylic acids is 2. The fourth-order valence-corrected chi connectivity index (χ4v) is 2.24. The molecule has 26 heavy (non-hydrogen) atoms. The second-order valence-electron chi connectivity index (χ2n) is 5.15. The number of hydrogen-bond donors (Lipinski definition) is 2. The van der Waals surface area contributed by atoms with Crippen molar-refractivity contribution in [2.45, 2.75) is 12.6 Å². The number of nitrogens with one attached hydrogen (secondary N) is 2. The van der Waals surface area contributed by atoms with Crippen LogP contribution in [-0.4, -0.2) is 11.8 Å². The first-order valence-electron chi connectivity index (χ1n) is 7.15. The van der Waals surface area contributed by atoms with Crippen molar-refractivity contribution in [1.29, 1.82) is 5.26 Å². The number of nitriles is 1. The van der Waals surface area contributed by atoms with Crippen molar-refractivity contribution in [1.82, 2.24) is 0 Å². The van der Waals surface area contributed by atoms with Crippen LogP contribution >= 0.6 is 11.6 Å². The molecule has 134 valence electrons. The monoisotopic (exact) mass is 381 g/mol. The molecular weight excluding hydrogens is 371 g/mol. The van der Waals surface area contributed by atoms with E-state index < -0.39 is 35.7 Å². The van der Waals surface area contributed by atoms with E-state index in [0.717, 1.165) is 6.07 Å². The first kappa shape index (κ1) is 19.3. The predicted molar refractivity (Wildman–Crippen MR) is 89.5 cm³/mol. The molecule has 5 nitrogen and oxygen atoms in total. The Morgan fingerprint density at radius 3 is 2.42 bits per heavy atom. The van der Waals surface area contributed by atoms with Gasteiger partial charge in [0.15, 0.2) is 0 Å². The van der Waals surface area contributed by atoms with Gasteiger partial charge in [0.05, 0.1) is 22.9 Å². The molecule has 2 N–H and O–H groups in total. The van der Waals surface area contributed by atoms with Crippen molar-refractivity contribution >= 4 is 34.8 Å². The van der Waals surface area contributed by atoms with Gasteiger partial charge in [-0.3, -0.25) is 9.59 Å². The molecular formula is C17H11ClF3N3O2. The molecule has 0 unspecified atom stereocenters. The van der Waals surface area contributed by atoms with Crippen LogP contribution in [-0.2, 0) is 15.8 Å². The van der Waals surface area contributed by atoms with Crippen LogP contribution in [0, 0.1) is 11.3 Å². The van der Waals surface area contributed by atoms with Gasteiger partial charge in [0.1, 0.15) is 6.42 Å². The Morgan fingerprint density at radius 1 is 1.08 bits per heavy atom. The van der Waals surface area contributed by atoms with Gasteiger partial charge in [-0.25, -0.2) is 0 Å². The quantitative estimate of drug-likeness (QED) is 0.779. The van der Waals surface area contributed by atoms with Crippen LogP contribution in [0.4, 0.5) is 24.5 Å². The van der Waals surface area contributed by atoms with Gasteiger partial charge in [-0.2, -0.15) is 18.4 Å². The van der Waals surface area contributed by atoms with Crippen LogP contribution in [0.5, 0.6) is 0 Å². The molecule has 2 rings (SSSR count). The van der Waals surface area contributed by atoms with Gasteiger partial charge in [0, 0.05) is 10.7 Å². The lowest BCUT2D eigenvalue weighted by atomic mass is 10.1. The van der Waals surface area contributed by atoms with Crippen molar-refractivity contribution in [3.8, 4) is 6.07 Å². The Hall–Kier alpha value is -3.05. The Balaban J connectivity index is 2.05. The topological polar surface area (TPSA) is 82.0 Å². The van der Waals surface area contributed by atoms with E-state index in [1.807, 2.05) is 6.07 Å². The van der Waals surface area contributed by atoms with E-state index in [0.29, 0.717) is 17.3 Å². The molecule has 0 radical (unpaired) electrons. The molecule has 0 bridgehead atoms. The second-order valence-corrected chi connectivity index (χ2v) is 5.59. The average Bonchev–Trinajstić information content (AvgIpc) is 2.55. The maximum Gasteiger partial charge on any atom is 0.418 e. The van der Waals surface area contributed by atoms with E-state index in [2.05, 4.69) is 10.6 Å². The van der Waals surface area contributed by atoms with Gasteiger partial charge in [0.2, 0.25) is 11.8 Å². The van der Waals surface area contributed by atoms with E-state index in [1.165, 1.54) is 30.3 Å². The van der Waals surface area contributed by atoms with Gasteiger partial charge in [-0.1, -0.05) is 17.7 Å². The lowest BCUT2D eigenvalue weighted by Crippen LogP contribution is -2.23. The predicted octanol–water partition coefficient (Wildman–Crippen LogP) is 4.20. The third-order valence-corrected chi connectivity index (χ3v) is 3.39. The minimum Gasteiger partial charge on any atom is -0.326 e. The zero-order chi connectivity index (χ0) is 19.3. The highest BCUT2D eigenvalue weighted by Crippen LogP contribution is 2.36. The molecule has 0 saturated carbocycles. The van der Waals surface area contributed by atoms with Crippen molar-refractivity contribution in [3.63, 3.8) is 0 Å². The lowest BCUT2D eigenvalue weighted by molar-refractivity contribution is -0.137. The molecule has 0 aliphatic rings. The number of hydrogen-bond acceptors (Lipinski definition) is 3. The molecule has 0 spiro atoms. The number of rotatable bonds is 4. The van der Waals surface area contributed by atoms with Gasteiger partial charge in [0.25, 0.3) is 0 Å². The Kier molecular flexibility index (Phi) is 5.85. The zero-order valence-corrected chi connectivity index (χ0v) is 13.8. The molecule has 2 aromatic rings. The SMILES string of the molecule is N#Cc1cccc(NC(=O)CC(=O)Nc2ccc(Cl)cc2C(F)(F)F)c1. The first-order chi connectivity index (χ1) is 12.2. The Morgan fingerprint density at radius 2 is 1.77 bits per heavy atom. The molecule has 0 heterocycles. The maximum absolute atomic E-state index is 13.0. The zero-order valence-electron chi connectivity index (χ0n) is 13.0. The van der Waals surface area contributed by atoms with Crippen molar-refractivity contribution in [3.05, 3.63) is 58.6 Å².